The topological polar surface area (TPSA) is 26.0 Å². The summed E-state index contributed by atoms with van der Waals surface area (Å²) in [4.78, 5) is 0. The predicted octanol–water partition coefficient (Wildman–Crippen LogP) is 2.94. The molecule has 1 aliphatic rings. The van der Waals surface area contributed by atoms with Crippen molar-refractivity contribution in [2.24, 2.45) is 17.6 Å². The Balaban J connectivity index is 2.05. The van der Waals surface area contributed by atoms with E-state index in [1.54, 1.807) is 0 Å². The van der Waals surface area contributed by atoms with E-state index in [1.165, 1.54) is 44.9 Å². The molecule has 0 aromatic heterocycles. The van der Waals surface area contributed by atoms with Crippen molar-refractivity contribution in [2.45, 2.75) is 51.9 Å². The molecule has 12 heavy (non-hydrogen) atoms. The minimum atomic E-state index is 0.743. The summed E-state index contributed by atoms with van der Waals surface area (Å²) in [7, 11) is 0. The van der Waals surface area contributed by atoms with Crippen molar-refractivity contribution in [3.8, 4) is 0 Å². The van der Waals surface area contributed by atoms with Gasteiger partial charge in [-0.05, 0) is 24.8 Å². The molecule has 1 aliphatic carbocycles. The third kappa shape index (κ3) is 3.57. The van der Waals surface area contributed by atoms with Gasteiger partial charge in [0.25, 0.3) is 0 Å². The third-order valence-corrected chi connectivity index (χ3v) is 3.19. The Labute approximate surface area is 76.7 Å². The molecule has 1 atom stereocenters. The van der Waals surface area contributed by atoms with Crippen molar-refractivity contribution in [3.63, 3.8) is 0 Å². The summed E-state index contributed by atoms with van der Waals surface area (Å²) in [5, 5.41) is 0. The van der Waals surface area contributed by atoms with Gasteiger partial charge in [-0.2, -0.15) is 0 Å². The van der Waals surface area contributed by atoms with E-state index in [1.807, 2.05) is 0 Å². The monoisotopic (exact) mass is 169 g/mol. The summed E-state index contributed by atoms with van der Waals surface area (Å²) in [6.45, 7) is 3.13. The first kappa shape index (κ1) is 10.0. The van der Waals surface area contributed by atoms with Gasteiger partial charge in [-0.15, -0.1) is 0 Å². The maximum atomic E-state index is 5.59. The second-order valence-electron chi connectivity index (χ2n) is 4.42. The molecule has 1 fully saturated rings. The van der Waals surface area contributed by atoms with E-state index in [4.69, 9.17) is 5.73 Å². The summed E-state index contributed by atoms with van der Waals surface area (Å²) in [5.74, 6) is 1.78. The van der Waals surface area contributed by atoms with E-state index in [0.717, 1.165) is 18.4 Å². The number of nitrogens with two attached hydrogens (primary N) is 1. The van der Waals surface area contributed by atoms with Gasteiger partial charge in [-0.25, -0.2) is 0 Å². The molecule has 0 saturated heterocycles. The molecule has 0 radical (unpaired) electrons. The summed E-state index contributed by atoms with van der Waals surface area (Å²) in [6.07, 6.45) is 10.2. The van der Waals surface area contributed by atoms with Gasteiger partial charge < -0.3 is 5.73 Å². The van der Waals surface area contributed by atoms with Gasteiger partial charge in [0, 0.05) is 0 Å². The van der Waals surface area contributed by atoms with Gasteiger partial charge in [0.2, 0.25) is 0 Å². The van der Waals surface area contributed by atoms with Gasteiger partial charge in [0.15, 0.2) is 0 Å². The molecule has 1 nitrogen and oxygen atoms in total. The van der Waals surface area contributed by atoms with E-state index in [-0.39, 0.29) is 0 Å². The molecule has 0 aromatic carbocycles. The highest BCUT2D eigenvalue weighted by atomic mass is 14.5. The third-order valence-electron chi connectivity index (χ3n) is 3.19. The summed E-state index contributed by atoms with van der Waals surface area (Å²) >= 11 is 0. The quantitative estimate of drug-likeness (QED) is 0.688. The fourth-order valence-electron chi connectivity index (χ4n) is 2.11. The van der Waals surface area contributed by atoms with Gasteiger partial charge in [0.05, 0.1) is 0 Å². The van der Waals surface area contributed by atoms with Gasteiger partial charge in [-0.1, -0.05) is 45.4 Å². The summed E-state index contributed by atoms with van der Waals surface area (Å²) in [5.41, 5.74) is 5.59. The number of rotatable bonds is 4. The van der Waals surface area contributed by atoms with Crippen LogP contribution in [0.1, 0.15) is 51.9 Å². The molecule has 1 rings (SSSR count). The molecule has 1 saturated carbocycles. The smallest absolute Gasteiger partial charge is 0.00515 e. The zero-order chi connectivity index (χ0) is 8.81. The highest BCUT2D eigenvalue weighted by Crippen LogP contribution is 2.28. The lowest BCUT2D eigenvalue weighted by Gasteiger charge is -2.22. The first-order valence-corrected chi connectivity index (χ1v) is 5.53. The zero-order valence-corrected chi connectivity index (χ0v) is 8.39. The lowest BCUT2D eigenvalue weighted by atomic mass is 9.84. The molecule has 0 aliphatic heterocycles. The number of hydrogen-bond donors (Lipinski definition) is 1. The Kier molecular flexibility index (Phi) is 4.67. The molecular weight excluding hydrogens is 146 g/mol. The van der Waals surface area contributed by atoms with Crippen LogP contribution in [0.15, 0.2) is 0 Å². The van der Waals surface area contributed by atoms with Crippen LogP contribution in [0.4, 0.5) is 0 Å². The van der Waals surface area contributed by atoms with Crippen LogP contribution in [0, 0.1) is 11.8 Å². The van der Waals surface area contributed by atoms with Crippen LogP contribution < -0.4 is 5.73 Å². The van der Waals surface area contributed by atoms with E-state index in [9.17, 15) is 0 Å². The van der Waals surface area contributed by atoms with Crippen LogP contribution in [0.3, 0.4) is 0 Å². The molecule has 1 heteroatoms. The van der Waals surface area contributed by atoms with E-state index in [2.05, 4.69) is 6.92 Å². The fourth-order valence-corrected chi connectivity index (χ4v) is 2.11. The van der Waals surface area contributed by atoms with Crippen LogP contribution in [0.2, 0.25) is 0 Å². The minimum absolute atomic E-state index is 0.743. The van der Waals surface area contributed by atoms with Crippen LogP contribution in [-0.2, 0) is 0 Å². The molecule has 0 bridgehead atoms. The second-order valence-corrected chi connectivity index (χ2v) is 4.42. The normalized spacial score (nSPS) is 22.5. The molecule has 0 heterocycles. The molecule has 72 valence electrons. The average molecular weight is 169 g/mol. The Hall–Kier alpha value is -0.0400. The summed E-state index contributed by atoms with van der Waals surface area (Å²) in [6, 6.07) is 0. The Morgan fingerprint density at radius 1 is 1.25 bits per heavy atom. The van der Waals surface area contributed by atoms with Crippen LogP contribution >= 0.6 is 0 Å². The minimum Gasteiger partial charge on any atom is -0.330 e. The first-order valence-electron chi connectivity index (χ1n) is 5.53. The summed E-state index contributed by atoms with van der Waals surface area (Å²) < 4.78 is 0. The van der Waals surface area contributed by atoms with Gasteiger partial charge in [-0.3, -0.25) is 0 Å². The largest absolute Gasteiger partial charge is 0.330 e. The van der Waals surface area contributed by atoms with Crippen molar-refractivity contribution in [1.29, 1.82) is 0 Å². The van der Waals surface area contributed by atoms with E-state index in [0.29, 0.717) is 0 Å². The maximum absolute atomic E-state index is 5.59. The molecular formula is C11H23N. The molecule has 0 aromatic rings. The first-order chi connectivity index (χ1) is 5.83. The highest BCUT2D eigenvalue weighted by molar-refractivity contribution is 4.67. The van der Waals surface area contributed by atoms with Crippen molar-refractivity contribution in [3.05, 3.63) is 0 Å². The highest BCUT2D eigenvalue weighted by Gasteiger charge is 2.13. The molecule has 2 N–H and O–H groups in total. The molecule has 0 spiro atoms. The van der Waals surface area contributed by atoms with Crippen molar-refractivity contribution in [2.75, 3.05) is 6.54 Å². The Bertz CT molecular complexity index is 106. The lowest BCUT2D eigenvalue weighted by molar-refractivity contribution is 0.314. The predicted molar refractivity (Wildman–Crippen MR) is 54.0 cm³/mol. The van der Waals surface area contributed by atoms with Crippen molar-refractivity contribution in [1.82, 2.24) is 0 Å². The molecule has 0 amide bonds. The SMILES string of the molecule is CC(CN)CCC1CCCCC1. The van der Waals surface area contributed by atoms with Gasteiger partial charge >= 0.3 is 0 Å². The maximum Gasteiger partial charge on any atom is -0.00515 e. The van der Waals surface area contributed by atoms with Crippen LogP contribution in [-0.4, -0.2) is 6.54 Å². The van der Waals surface area contributed by atoms with Crippen LogP contribution in [0.5, 0.6) is 0 Å². The standard InChI is InChI=1S/C11H23N/c1-10(9-12)7-8-11-5-3-2-4-6-11/h10-11H,2-9,12H2,1H3. The molecule has 1 unspecified atom stereocenters. The Morgan fingerprint density at radius 3 is 2.50 bits per heavy atom. The van der Waals surface area contributed by atoms with E-state index < -0.39 is 0 Å². The second kappa shape index (κ2) is 5.58. The Morgan fingerprint density at radius 2 is 1.92 bits per heavy atom. The van der Waals surface area contributed by atoms with Crippen molar-refractivity contribution >= 4 is 0 Å². The van der Waals surface area contributed by atoms with Gasteiger partial charge in [0.1, 0.15) is 0 Å². The number of hydrogen-bond acceptors (Lipinski definition) is 1. The lowest BCUT2D eigenvalue weighted by Crippen LogP contribution is -2.13. The van der Waals surface area contributed by atoms with Crippen molar-refractivity contribution < 1.29 is 0 Å². The van der Waals surface area contributed by atoms with Crippen LogP contribution in [0.25, 0.3) is 0 Å². The zero-order valence-electron chi connectivity index (χ0n) is 8.39. The van der Waals surface area contributed by atoms with E-state index >= 15 is 0 Å². The average Bonchev–Trinajstić information content (AvgIpc) is 2.16. The fraction of sp³-hybridized carbons (Fsp3) is 1.00.